The second-order valence-electron chi connectivity index (χ2n) is 5.13. The van der Waals surface area contributed by atoms with Crippen molar-refractivity contribution in [1.29, 1.82) is 0 Å². The van der Waals surface area contributed by atoms with Crippen LogP contribution in [0.5, 0.6) is 0 Å². The Bertz CT molecular complexity index is 581. The summed E-state index contributed by atoms with van der Waals surface area (Å²) in [4.78, 5) is 13.3. The van der Waals surface area contributed by atoms with Crippen molar-refractivity contribution in [3.05, 3.63) is 71.3 Å². The lowest BCUT2D eigenvalue weighted by molar-refractivity contribution is -0.136. The van der Waals surface area contributed by atoms with E-state index in [1.54, 1.807) is 0 Å². The van der Waals surface area contributed by atoms with Gasteiger partial charge in [-0.3, -0.25) is 9.69 Å². The molecule has 0 saturated carbocycles. The van der Waals surface area contributed by atoms with E-state index in [0.29, 0.717) is 0 Å². The molecule has 0 fully saturated rings. The molecular weight excluding hydrogens is 262 g/mol. The molecule has 0 radical (unpaired) electrons. The Hall–Kier alpha value is -2.13. The van der Waals surface area contributed by atoms with Gasteiger partial charge < -0.3 is 5.11 Å². The summed E-state index contributed by atoms with van der Waals surface area (Å²) in [6.45, 7) is 4.70. The third kappa shape index (κ3) is 4.72. The van der Waals surface area contributed by atoms with Crippen molar-refractivity contribution < 1.29 is 9.90 Å². The summed E-state index contributed by atoms with van der Waals surface area (Å²) in [7, 11) is 0. The molecule has 0 heterocycles. The summed E-state index contributed by atoms with van der Waals surface area (Å²) in [5.74, 6) is -0.784. The van der Waals surface area contributed by atoms with Crippen LogP contribution < -0.4 is 0 Å². The van der Waals surface area contributed by atoms with Gasteiger partial charge in [0.1, 0.15) is 0 Å². The topological polar surface area (TPSA) is 40.5 Å². The smallest absolute Gasteiger partial charge is 0.307 e. The van der Waals surface area contributed by atoms with Crippen molar-refractivity contribution in [1.82, 2.24) is 4.90 Å². The summed E-state index contributed by atoms with van der Waals surface area (Å²) in [6.07, 6.45) is 0.0824. The minimum atomic E-state index is -0.784. The molecule has 0 bridgehead atoms. The first-order valence-corrected chi connectivity index (χ1v) is 7.24. The van der Waals surface area contributed by atoms with Crippen LogP contribution in [0.2, 0.25) is 0 Å². The molecule has 2 rings (SSSR count). The number of hydrogen-bond donors (Lipinski definition) is 1. The SMILES string of the molecule is CCN(Cc1ccccc1)Cc1ccccc1CC(=O)O. The lowest BCUT2D eigenvalue weighted by Gasteiger charge is -2.22. The molecule has 0 aliphatic carbocycles. The minimum Gasteiger partial charge on any atom is -0.481 e. The fourth-order valence-corrected chi connectivity index (χ4v) is 2.41. The number of carbonyl (C=O) groups is 1. The summed E-state index contributed by atoms with van der Waals surface area (Å²) >= 11 is 0. The van der Waals surface area contributed by atoms with Gasteiger partial charge in [-0.2, -0.15) is 0 Å². The average molecular weight is 283 g/mol. The normalized spacial score (nSPS) is 10.8. The second kappa shape index (κ2) is 7.60. The van der Waals surface area contributed by atoms with Crippen molar-refractivity contribution in [2.45, 2.75) is 26.4 Å². The van der Waals surface area contributed by atoms with Gasteiger partial charge in [-0.1, -0.05) is 61.5 Å². The summed E-state index contributed by atoms with van der Waals surface area (Å²) in [5, 5.41) is 9.00. The van der Waals surface area contributed by atoms with E-state index in [2.05, 4.69) is 24.0 Å². The monoisotopic (exact) mass is 283 g/mol. The van der Waals surface area contributed by atoms with Crippen LogP contribution in [0, 0.1) is 0 Å². The Balaban J connectivity index is 2.09. The number of carboxylic acid groups (broad SMARTS) is 1. The van der Waals surface area contributed by atoms with Crippen LogP contribution in [0.3, 0.4) is 0 Å². The number of hydrogen-bond acceptors (Lipinski definition) is 2. The Morgan fingerprint density at radius 1 is 0.952 bits per heavy atom. The van der Waals surface area contributed by atoms with Crippen molar-refractivity contribution >= 4 is 5.97 Å². The molecule has 1 N–H and O–H groups in total. The maximum atomic E-state index is 11.0. The average Bonchev–Trinajstić information content (AvgIpc) is 2.49. The molecule has 0 aliphatic heterocycles. The van der Waals surface area contributed by atoms with E-state index in [1.165, 1.54) is 5.56 Å². The molecule has 0 aliphatic rings. The highest BCUT2D eigenvalue weighted by Gasteiger charge is 2.10. The molecular formula is C18H21NO2. The first-order valence-electron chi connectivity index (χ1n) is 7.24. The van der Waals surface area contributed by atoms with Gasteiger partial charge >= 0.3 is 5.97 Å². The first kappa shape index (κ1) is 15.3. The van der Waals surface area contributed by atoms with Crippen molar-refractivity contribution in [2.24, 2.45) is 0 Å². The van der Waals surface area contributed by atoms with Crippen LogP contribution in [0.25, 0.3) is 0 Å². The van der Waals surface area contributed by atoms with Crippen LogP contribution >= 0.6 is 0 Å². The van der Waals surface area contributed by atoms with Gasteiger partial charge in [-0.15, -0.1) is 0 Å². The van der Waals surface area contributed by atoms with Crippen molar-refractivity contribution in [2.75, 3.05) is 6.54 Å². The Labute approximate surface area is 125 Å². The summed E-state index contributed by atoms with van der Waals surface area (Å²) in [5.41, 5.74) is 3.27. The highest BCUT2D eigenvalue weighted by atomic mass is 16.4. The Morgan fingerprint density at radius 2 is 1.57 bits per heavy atom. The van der Waals surface area contributed by atoms with Gasteiger partial charge in [0.15, 0.2) is 0 Å². The van der Waals surface area contributed by atoms with Crippen molar-refractivity contribution in [3.8, 4) is 0 Å². The highest BCUT2D eigenvalue weighted by molar-refractivity contribution is 5.70. The maximum Gasteiger partial charge on any atom is 0.307 e. The van der Waals surface area contributed by atoms with Crippen LogP contribution in [0.4, 0.5) is 0 Å². The van der Waals surface area contributed by atoms with E-state index in [0.717, 1.165) is 30.8 Å². The lowest BCUT2D eigenvalue weighted by Crippen LogP contribution is -2.23. The van der Waals surface area contributed by atoms with E-state index in [4.69, 9.17) is 5.11 Å². The van der Waals surface area contributed by atoms with E-state index in [-0.39, 0.29) is 6.42 Å². The number of carboxylic acids is 1. The largest absolute Gasteiger partial charge is 0.481 e. The van der Waals surface area contributed by atoms with Crippen LogP contribution in [0.15, 0.2) is 54.6 Å². The molecule has 0 unspecified atom stereocenters. The minimum absolute atomic E-state index is 0.0824. The van der Waals surface area contributed by atoms with Gasteiger partial charge in [0.25, 0.3) is 0 Å². The van der Waals surface area contributed by atoms with Gasteiger partial charge in [0.2, 0.25) is 0 Å². The lowest BCUT2D eigenvalue weighted by atomic mass is 10.0. The van der Waals surface area contributed by atoms with Gasteiger partial charge in [-0.25, -0.2) is 0 Å². The van der Waals surface area contributed by atoms with Gasteiger partial charge in [0.05, 0.1) is 6.42 Å². The molecule has 0 aromatic heterocycles. The summed E-state index contributed by atoms with van der Waals surface area (Å²) in [6, 6.07) is 18.1. The maximum absolute atomic E-state index is 11.0. The molecule has 2 aromatic rings. The number of rotatable bonds is 7. The number of nitrogens with zero attached hydrogens (tertiary/aromatic N) is 1. The molecule has 2 aromatic carbocycles. The predicted octanol–water partition coefficient (Wildman–Crippen LogP) is 3.34. The molecule has 0 atom stereocenters. The molecule has 110 valence electrons. The molecule has 3 nitrogen and oxygen atoms in total. The van der Waals surface area contributed by atoms with E-state index in [1.807, 2.05) is 42.5 Å². The zero-order valence-electron chi connectivity index (χ0n) is 12.3. The zero-order chi connectivity index (χ0) is 15.1. The van der Waals surface area contributed by atoms with E-state index < -0.39 is 5.97 Å². The fourth-order valence-electron chi connectivity index (χ4n) is 2.41. The number of benzene rings is 2. The Kier molecular flexibility index (Phi) is 5.52. The summed E-state index contributed by atoms with van der Waals surface area (Å²) < 4.78 is 0. The molecule has 0 spiro atoms. The van der Waals surface area contributed by atoms with Crippen molar-refractivity contribution in [3.63, 3.8) is 0 Å². The van der Waals surface area contributed by atoms with E-state index >= 15 is 0 Å². The Morgan fingerprint density at radius 3 is 2.19 bits per heavy atom. The van der Waals surface area contributed by atoms with Gasteiger partial charge in [-0.05, 0) is 23.2 Å². The van der Waals surface area contributed by atoms with Gasteiger partial charge in [0, 0.05) is 13.1 Å². The number of aliphatic carboxylic acids is 1. The van der Waals surface area contributed by atoms with Crippen LogP contribution in [-0.4, -0.2) is 22.5 Å². The fraction of sp³-hybridized carbons (Fsp3) is 0.278. The zero-order valence-corrected chi connectivity index (χ0v) is 12.3. The predicted molar refractivity (Wildman–Crippen MR) is 84.0 cm³/mol. The molecule has 0 saturated heterocycles. The molecule has 0 amide bonds. The standard InChI is InChI=1S/C18H21NO2/c1-2-19(13-15-8-4-3-5-9-15)14-17-11-7-6-10-16(17)12-18(20)21/h3-11H,2,12-14H2,1H3,(H,20,21). The van der Waals surface area contributed by atoms with E-state index in [9.17, 15) is 4.79 Å². The second-order valence-corrected chi connectivity index (χ2v) is 5.13. The highest BCUT2D eigenvalue weighted by Crippen LogP contribution is 2.14. The molecule has 3 heteroatoms. The first-order chi connectivity index (χ1) is 10.2. The van der Waals surface area contributed by atoms with Crippen LogP contribution in [0.1, 0.15) is 23.6 Å². The molecule has 21 heavy (non-hydrogen) atoms. The third-order valence-electron chi connectivity index (χ3n) is 3.55. The third-order valence-corrected chi connectivity index (χ3v) is 3.55. The van der Waals surface area contributed by atoms with Crippen LogP contribution in [-0.2, 0) is 24.3 Å². The quantitative estimate of drug-likeness (QED) is 0.847.